The number of unbranched alkanes of at least 4 members (excludes halogenated alkanes) is 4. The normalized spacial score (nSPS) is 18.8. The summed E-state index contributed by atoms with van der Waals surface area (Å²) in [5.41, 5.74) is 3.67. The fourth-order valence-corrected chi connectivity index (χ4v) is 5.03. The summed E-state index contributed by atoms with van der Waals surface area (Å²) in [6.07, 6.45) is 19.9. The molecule has 1 aromatic carbocycles. The molecule has 170 valence electrons. The minimum atomic E-state index is 0.746. The molecule has 0 N–H and O–H groups in total. The highest BCUT2D eigenvalue weighted by Gasteiger charge is 2.21. The SMILES string of the molecule is CCCCCCCC1CCCC(CCc2ccc(-c3ccc(OCCC)cn3)cc2)C1. The fourth-order valence-electron chi connectivity index (χ4n) is 5.03. The average molecular weight is 422 g/mol. The monoisotopic (exact) mass is 421 g/mol. The number of aryl methyl sites for hydroxylation is 1. The van der Waals surface area contributed by atoms with E-state index < -0.39 is 0 Å². The second-order valence-electron chi connectivity index (χ2n) is 9.56. The van der Waals surface area contributed by atoms with E-state index in [2.05, 4.69) is 49.2 Å². The maximum atomic E-state index is 5.64. The highest BCUT2D eigenvalue weighted by molar-refractivity contribution is 5.59. The van der Waals surface area contributed by atoms with E-state index >= 15 is 0 Å². The summed E-state index contributed by atoms with van der Waals surface area (Å²) < 4.78 is 5.64. The van der Waals surface area contributed by atoms with E-state index in [9.17, 15) is 0 Å². The van der Waals surface area contributed by atoms with Gasteiger partial charge < -0.3 is 4.74 Å². The summed E-state index contributed by atoms with van der Waals surface area (Å²) in [7, 11) is 0. The Kier molecular flexibility index (Phi) is 10.4. The molecular weight excluding hydrogens is 378 g/mol. The van der Waals surface area contributed by atoms with Crippen LogP contribution in [-0.2, 0) is 6.42 Å². The Morgan fingerprint density at radius 2 is 1.61 bits per heavy atom. The van der Waals surface area contributed by atoms with E-state index in [1.807, 2.05) is 12.3 Å². The van der Waals surface area contributed by atoms with Gasteiger partial charge in [-0.05, 0) is 55.2 Å². The van der Waals surface area contributed by atoms with Gasteiger partial charge >= 0.3 is 0 Å². The molecule has 0 spiro atoms. The van der Waals surface area contributed by atoms with Gasteiger partial charge in [-0.15, -0.1) is 0 Å². The third-order valence-electron chi connectivity index (χ3n) is 6.91. The standard InChI is InChI=1S/C29H43NO/c1-3-5-6-7-8-10-25-11-9-12-26(22-25)14-13-24-15-17-27(18-16-24)29-20-19-28(23-30-29)31-21-4-2/h15-20,23,25-26H,3-14,21-22H2,1-2H3. The molecule has 2 atom stereocenters. The molecule has 2 aromatic rings. The Hall–Kier alpha value is -1.83. The molecule has 2 unspecified atom stereocenters. The van der Waals surface area contributed by atoms with E-state index in [-0.39, 0.29) is 0 Å². The summed E-state index contributed by atoms with van der Waals surface area (Å²) in [5, 5.41) is 0. The summed E-state index contributed by atoms with van der Waals surface area (Å²) in [6, 6.07) is 13.1. The van der Waals surface area contributed by atoms with E-state index in [0.717, 1.165) is 36.3 Å². The number of aromatic nitrogens is 1. The van der Waals surface area contributed by atoms with Crippen LogP contribution in [0.25, 0.3) is 11.3 Å². The Morgan fingerprint density at radius 1 is 0.839 bits per heavy atom. The van der Waals surface area contributed by atoms with Crippen molar-refractivity contribution in [3.05, 3.63) is 48.2 Å². The van der Waals surface area contributed by atoms with Gasteiger partial charge in [0, 0.05) is 5.56 Å². The Labute approximate surface area is 190 Å². The van der Waals surface area contributed by atoms with Crippen molar-refractivity contribution in [1.82, 2.24) is 4.98 Å². The van der Waals surface area contributed by atoms with Gasteiger partial charge in [-0.2, -0.15) is 0 Å². The summed E-state index contributed by atoms with van der Waals surface area (Å²) >= 11 is 0. The van der Waals surface area contributed by atoms with Crippen molar-refractivity contribution in [2.75, 3.05) is 6.61 Å². The third-order valence-corrected chi connectivity index (χ3v) is 6.91. The molecule has 1 saturated carbocycles. The first-order chi connectivity index (χ1) is 15.3. The molecular formula is C29H43NO. The van der Waals surface area contributed by atoms with Crippen molar-refractivity contribution in [2.24, 2.45) is 11.8 Å². The van der Waals surface area contributed by atoms with Crippen LogP contribution < -0.4 is 4.74 Å². The van der Waals surface area contributed by atoms with Crippen LogP contribution in [0.15, 0.2) is 42.6 Å². The predicted octanol–water partition coefficient (Wildman–Crippen LogP) is 8.64. The fraction of sp³-hybridized carbons (Fsp3) is 0.621. The quantitative estimate of drug-likeness (QED) is 0.302. The molecule has 31 heavy (non-hydrogen) atoms. The van der Waals surface area contributed by atoms with Gasteiger partial charge in [-0.25, -0.2) is 0 Å². The first-order valence-electron chi connectivity index (χ1n) is 13.0. The van der Waals surface area contributed by atoms with Gasteiger partial charge in [0.05, 0.1) is 18.5 Å². The van der Waals surface area contributed by atoms with Gasteiger partial charge in [-0.1, -0.05) is 95.9 Å². The van der Waals surface area contributed by atoms with Gasteiger partial charge in [0.2, 0.25) is 0 Å². The van der Waals surface area contributed by atoms with Crippen LogP contribution in [0.5, 0.6) is 5.75 Å². The average Bonchev–Trinajstić information content (AvgIpc) is 2.82. The minimum Gasteiger partial charge on any atom is -0.492 e. The van der Waals surface area contributed by atoms with E-state index in [1.54, 1.807) is 0 Å². The maximum absolute atomic E-state index is 5.64. The topological polar surface area (TPSA) is 22.1 Å². The molecule has 1 aliphatic rings. The molecule has 0 bridgehead atoms. The lowest BCUT2D eigenvalue weighted by Crippen LogP contribution is -2.16. The summed E-state index contributed by atoms with van der Waals surface area (Å²) in [6.45, 7) is 5.17. The number of hydrogen-bond acceptors (Lipinski definition) is 2. The predicted molar refractivity (Wildman–Crippen MR) is 133 cm³/mol. The Bertz CT molecular complexity index is 721. The number of ether oxygens (including phenoxy) is 1. The van der Waals surface area contributed by atoms with Crippen LogP contribution in [0, 0.1) is 11.8 Å². The molecule has 2 nitrogen and oxygen atoms in total. The number of nitrogens with zero attached hydrogens (tertiary/aromatic N) is 1. The third kappa shape index (κ3) is 8.31. The number of pyridine rings is 1. The lowest BCUT2D eigenvalue weighted by Gasteiger charge is -2.29. The maximum Gasteiger partial charge on any atom is 0.137 e. The molecule has 0 amide bonds. The van der Waals surface area contributed by atoms with Crippen LogP contribution in [0.1, 0.15) is 96.5 Å². The lowest BCUT2D eigenvalue weighted by molar-refractivity contribution is 0.239. The van der Waals surface area contributed by atoms with Crippen molar-refractivity contribution in [2.45, 2.75) is 97.3 Å². The van der Waals surface area contributed by atoms with Gasteiger partial charge in [0.1, 0.15) is 5.75 Å². The number of benzene rings is 1. The number of hydrogen-bond donors (Lipinski definition) is 0. The zero-order valence-electron chi connectivity index (χ0n) is 20.0. The van der Waals surface area contributed by atoms with Crippen molar-refractivity contribution in [3.63, 3.8) is 0 Å². The van der Waals surface area contributed by atoms with Crippen molar-refractivity contribution >= 4 is 0 Å². The molecule has 3 rings (SSSR count). The zero-order chi connectivity index (χ0) is 21.7. The van der Waals surface area contributed by atoms with Gasteiger partial charge in [-0.3, -0.25) is 4.98 Å². The van der Waals surface area contributed by atoms with Crippen LogP contribution in [0.4, 0.5) is 0 Å². The second-order valence-corrected chi connectivity index (χ2v) is 9.56. The highest BCUT2D eigenvalue weighted by atomic mass is 16.5. The van der Waals surface area contributed by atoms with Gasteiger partial charge in [0.25, 0.3) is 0 Å². The van der Waals surface area contributed by atoms with Gasteiger partial charge in [0.15, 0.2) is 0 Å². The van der Waals surface area contributed by atoms with Crippen molar-refractivity contribution < 1.29 is 4.74 Å². The molecule has 1 aliphatic carbocycles. The molecule has 2 heteroatoms. The van der Waals surface area contributed by atoms with E-state index in [4.69, 9.17) is 4.74 Å². The first kappa shape index (κ1) is 23.8. The van der Waals surface area contributed by atoms with Crippen molar-refractivity contribution in [3.8, 4) is 17.0 Å². The van der Waals surface area contributed by atoms with E-state index in [0.29, 0.717) is 0 Å². The smallest absolute Gasteiger partial charge is 0.137 e. The Morgan fingerprint density at radius 3 is 2.32 bits per heavy atom. The second kappa shape index (κ2) is 13.6. The zero-order valence-corrected chi connectivity index (χ0v) is 20.0. The Balaban J connectivity index is 1.41. The van der Waals surface area contributed by atoms with E-state index in [1.165, 1.54) is 88.2 Å². The minimum absolute atomic E-state index is 0.746. The summed E-state index contributed by atoms with van der Waals surface area (Å²) in [5.74, 6) is 2.79. The summed E-state index contributed by atoms with van der Waals surface area (Å²) in [4.78, 5) is 4.58. The highest BCUT2D eigenvalue weighted by Crippen LogP contribution is 2.35. The lowest BCUT2D eigenvalue weighted by atomic mass is 9.77. The van der Waals surface area contributed by atoms with Crippen LogP contribution in [0.3, 0.4) is 0 Å². The van der Waals surface area contributed by atoms with Crippen molar-refractivity contribution in [1.29, 1.82) is 0 Å². The van der Waals surface area contributed by atoms with Crippen LogP contribution in [0.2, 0.25) is 0 Å². The molecule has 1 fully saturated rings. The molecule has 0 radical (unpaired) electrons. The largest absolute Gasteiger partial charge is 0.492 e. The van der Waals surface area contributed by atoms with Crippen LogP contribution in [-0.4, -0.2) is 11.6 Å². The first-order valence-corrected chi connectivity index (χ1v) is 13.0. The molecule has 0 aliphatic heterocycles. The molecule has 1 heterocycles. The van der Waals surface area contributed by atoms with Crippen LogP contribution >= 0.6 is 0 Å². The molecule has 0 saturated heterocycles. The molecule has 1 aromatic heterocycles. The number of rotatable bonds is 13.